The van der Waals surface area contributed by atoms with E-state index in [2.05, 4.69) is 10.3 Å². The van der Waals surface area contributed by atoms with Crippen molar-refractivity contribution in [1.29, 1.82) is 0 Å². The van der Waals surface area contributed by atoms with Gasteiger partial charge < -0.3 is 14.8 Å². The van der Waals surface area contributed by atoms with Gasteiger partial charge in [-0.3, -0.25) is 9.78 Å². The fourth-order valence-electron chi connectivity index (χ4n) is 2.14. The number of hydrogen-bond acceptors (Lipinski definition) is 6. The summed E-state index contributed by atoms with van der Waals surface area (Å²) >= 11 is 0. The molecule has 0 fully saturated rings. The van der Waals surface area contributed by atoms with Crippen molar-refractivity contribution in [2.45, 2.75) is 17.9 Å². The second kappa shape index (κ2) is 8.48. The number of carbonyl (C=O) groups excluding carboxylic acids is 1. The molecule has 1 amide bonds. The first kappa shape index (κ1) is 18.7. The predicted octanol–water partition coefficient (Wildman–Crippen LogP) is 1.58. The number of aromatic nitrogens is 1. The molecule has 7 nitrogen and oxygen atoms in total. The molecule has 1 aromatic heterocycles. The minimum absolute atomic E-state index is 0.0899. The molecule has 0 aliphatic carbocycles. The first-order chi connectivity index (χ1) is 12.0. The van der Waals surface area contributed by atoms with Gasteiger partial charge in [0.05, 0.1) is 24.9 Å². The van der Waals surface area contributed by atoms with Crippen molar-refractivity contribution in [3.63, 3.8) is 0 Å². The van der Waals surface area contributed by atoms with E-state index in [4.69, 9.17) is 9.47 Å². The first-order valence-corrected chi connectivity index (χ1v) is 9.22. The van der Waals surface area contributed by atoms with E-state index in [9.17, 15) is 13.2 Å². The lowest BCUT2D eigenvalue weighted by Crippen LogP contribution is -2.25. The number of benzene rings is 1. The van der Waals surface area contributed by atoms with Crippen molar-refractivity contribution in [2.24, 2.45) is 0 Å². The van der Waals surface area contributed by atoms with E-state index in [1.807, 2.05) is 0 Å². The molecule has 134 valence electrons. The molecular formula is C17H20N2O5S. The average Bonchev–Trinajstić information content (AvgIpc) is 2.65. The Labute approximate surface area is 146 Å². The molecule has 0 unspecified atom stereocenters. The van der Waals surface area contributed by atoms with Gasteiger partial charge in [-0.15, -0.1) is 0 Å². The number of ether oxygens (including phenoxy) is 2. The lowest BCUT2D eigenvalue weighted by Gasteiger charge is -2.10. The number of methoxy groups -OCH3 is 2. The van der Waals surface area contributed by atoms with Crippen LogP contribution < -0.4 is 14.8 Å². The Hall–Kier alpha value is -2.61. The summed E-state index contributed by atoms with van der Waals surface area (Å²) in [6.45, 7) is 0.331. The Bertz CT molecular complexity index is 822. The fraction of sp³-hybridized carbons (Fsp3) is 0.294. The van der Waals surface area contributed by atoms with Gasteiger partial charge in [0, 0.05) is 31.4 Å². The van der Waals surface area contributed by atoms with E-state index in [0.29, 0.717) is 18.0 Å². The third-order valence-corrected chi connectivity index (χ3v) is 5.26. The maximum Gasteiger partial charge on any atom is 0.221 e. The molecule has 0 atom stereocenters. The normalized spacial score (nSPS) is 11.0. The molecule has 0 bridgehead atoms. The highest BCUT2D eigenvalue weighted by atomic mass is 32.2. The number of hydrogen-bond donors (Lipinski definition) is 1. The Morgan fingerprint density at radius 2 is 1.76 bits per heavy atom. The van der Waals surface area contributed by atoms with E-state index in [1.54, 1.807) is 24.5 Å². The van der Waals surface area contributed by atoms with Crippen LogP contribution in [0.2, 0.25) is 0 Å². The maximum atomic E-state index is 12.4. The van der Waals surface area contributed by atoms with E-state index >= 15 is 0 Å². The monoisotopic (exact) mass is 364 g/mol. The topological polar surface area (TPSA) is 94.6 Å². The predicted molar refractivity (Wildman–Crippen MR) is 92.3 cm³/mol. The third-order valence-electron chi connectivity index (χ3n) is 3.55. The zero-order valence-corrected chi connectivity index (χ0v) is 14.9. The molecule has 0 saturated carbocycles. The van der Waals surface area contributed by atoms with E-state index in [0.717, 1.165) is 5.56 Å². The van der Waals surface area contributed by atoms with Gasteiger partial charge in [-0.25, -0.2) is 8.42 Å². The summed E-state index contributed by atoms with van der Waals surface area (Å²) in [4.78, 5) is 15.9. The quantitative estimate of drug-likeness (QED) is 0.764. The average molecular weight is 364 g/mol. The second-order valence-corrected chi connectivity index (χ2v) is 7.33. The molecule has 8 heteroatoms. The summed E-state index contributed by atoms with van der Waals surface area (Å²) in [5.74, 6) is 0.146. The molecule has 0 aliphatic heterocycles. The largest absolute Gasteiger partial charge is 0.493 e. The summed E-state index contributed by atoms with van der Waals surface area (Å²) in [6.07, 6.45) is 3.13. The van der Waals surface area contributed by atoms with Crippen LogP contribution >= 0.6 is 0 Å². The van der Waals surface area contributed by atoms with Crippen molar-refractivity contribution in [2.75, 3.05) is 20.0 Å². The summed E-state index contributed by atoms with van der Waals surface area (Å²) in [7, 11) is -0.700. The van der Waals surface area contributed by atoms with E-state index in [-0.39, 0.29) is 23.0 Å². The van der Waals surface area contributed by atoms with Gasteiger partial charge in [-0.05, 0) is 29.8 Å². The number of rotatable bonds is 8. The standard InChI is InChI=1S/C17H20N2O5S/c1-23-15-4-3-14(11-16(15)24-2)25(21,22)10-7-17(20)19-12-13-5-8-18-9-6-13/h3-6,8-9,11H,7,10,12H2,1-2H3,(H,19,20). The lowest BCUT2D eigenvalue weighted by molar-refractivity contribution is -0.120. The van der Waals surface area contributed by atoms with Crippen molar-refractivity contribution in [1.82, 2.24) is 10.3 Å². The molecule has 0 saturated heterocycles. The number of nitrogens with zero attached hydrogens (tertiary/aromatic N) is 1. The van der Waals surface area contributed by atoms with Crippen LogP contribution in [-0.2, 0) is 21.2 Å². The minimum atomic E-state index is -3.60. The van der Waals surface area contributed by atoms with Crippen LogP contribution in [0.25, 0.3) is 0 Å². The maximum absolute atomic E-state index is 12.4. The third kappa shape index (κ3) is 5.18. The summed E-state index contributed by atoms with van der Waals surface area (Å²) < 4.78 is 35.0. The summed E-state index contributed by atoms with van der Waals surface area (Å²) in [5, 5.41) is 2.69. The Balaban J connectivity index is 1.95. The molecule has 2 aromatic rings. The van der Waals surface area contributed by atoms with Crippen LogP contribution in [0, 0.1) is 0 Å². The number of pyridine rings is 1. The highest BCUT2D eigenvalue weighted by Crippen LogP contribution is 2.29. The Morgan fingerprint density at radius 3 is 2.40 bits per heavy atom. The number of sulfone groups is 1. The minimum Gasteiger partial charge on any atom is -0.493 e. The first-order valence-electron chi connectivity index (χ1n) is 7.56. The van der Waals surface area contributed by atoms with Gasteiger partial charge in [0.15, 0.2) is 21.3 Å². The molecule has 1 heterocycles. The van der Waals surface area contributed by atoms with Crippen LogP contribution in [0.4, 0.5) is 0 Å². The Kier molecular flexibility index (Phi) is 6.35. The zero-order chi connectivity index (χ0) is 18.3. The second-order valence-electron chi connectivity index (χ2n) is 5.22. The van der Waals surface area contributed by atoms with Gasteiger partial charge in [0.2, 0.25) is 5.91 Å². The molecule has 1 aromatic carbocycles. The molecule has 0 radical (unpaired) electrons. The molecule has 0 spiro atoms. The van der Waals surface area contributed by atoms with Gasteiger partial charge in [-0.2, -0.15) is 0 Å². The molecule has 1 N–H and O–H groups in total. The van der Waals surface area contributed by atoms with Crippen molar-refractivity contribution >= 4 is 15.7 Å². The van der Waals surface area contributed by atoms with Crippen LogP contribution in [0.15, 0.2) is 47.6 Å². The molecule has 2 rings (SSSR count). The number of amides is 1. The van der Waals surface area contributed by atoms with Crippen LogP contribution in [-0.4, -0.2) is 39.3 Å². The van der Waals surface area contributed by atoms with Crippen molar-refractivity contribution in [3.05, 3.63) is 48.3 Å². The molecular weight excluding hydrogens is 344 g/mol. The highest BCUT2D eigenvalue weighted by molar-refractivity contribution is 7.91. The van der Waals surface area contributed by atoms with Crippen molar-refractivity contribution < 1.29 is 22.7 Å². The van der Waals surface area contributed by atoms with Crippen LogP contribution in [0.3, 0.4) is 0 Å². The number of carbonyl (C=O) groups is 1. The van der Waals surface area contributed by atoms with Gasteiger partial charge >= 0.3 is 0 Å². The summed E-state index contributed by atoms with van der Waals surface area (Å²) in [5.41, 5.74) is 0.895. The van der Waals surface area contributed by atoms with Gasteiger partial charge in [0.25, 0.3) is 0 Å². The van der Waals surface area contributed by atoms with Crippen LogP contribution in [0.1, 0.15) is 12.0 Å². The van der Waals surface area contributed by atoms with E-state index < -0.39 is 9.84 Å². The zero-order valence-electron chi connectivity index (χ0n) is 14.1. The van der Waals surface area contributed by atoms with Crippen molar-refractivity contribution in [3.8, 4) is 11.5 Å². The molecule has 0 aliphatic rings. The number of nitrogens with one attached hydrogen (secondary N) is 1. The summed E-state index contributed by atoms with van der Waals surface area (Å²) in [6, 6.07) is 7.91. The van der Waals surface area contributed by atoms with Crippen LogP contribution in [0.5, 0.6) is 11.5 Å². The van der Waals surface area contributed by atoms with E-state index in [1.165, 1.54) is 32.4 Å². The Morgan fingerprint density at radius 1 is 1.08 bits per heavy atom. The van der Waals surface area contributed by atoms with Gasteiger partial charge in [0.1, 0.15) is 0 Å². The smallest absolute Gasteiger partial charge is 0.221 e. The van der Waals surface area contributed by atoms with Gasteiger partial charge in [-0.1, -0.05) is 0 Å². The SMILES string of the molecule is COc1ccc(S(=O)(=O)CCC(=O)NCc2ccncc2)cc1OC. The fourth-order valence-corrected chi connectivity index (χ4v) is 3.40. The lowest BCUT2D eigenvalue weighted by atomic mass is 10.2. The molecule has 25 heavy (non-hydrogen) atoms. The highest BCUT2D eigenvalue weighted by Gasteiger charge is 2.18.